The van der Waals surface area contributed by atoms with Crippen LogP contribution in [0.3, 0.4) is 0 Å². The standard InChI is InChI=1S/C10H19NO/c1-8-5-9(11-12-4)7-10(2,3)6-8/h8H,5-7H2,1-4H3/b11-9+. The smallest absolute Gasteiger partial charge is 0.106 e. The summed E-state index contributed by atoms with van der Waals surface area (Å²) in [7, 11) is 1.62. The Morgan fingerprint density at radius 1 is 1.50 bits per heavy atom. The van der Waals surface area contributed by atoms with Crippen LogP contribution in [0.5, 0.6) is 0 Å². The highest BCUT2D eigenvalue weighted by atomic mass is 16.6. The maximum Gasteiger partial charge on any atom is 0.106 e. The molecule has 1 atom stereocenters. The number of oxime groups is 1. The van der Waals surface area contributed by atoms with Crippen LogP contribution in [-0.2, 0) is 4.84 Å². The number of nitrogens with zero attached hydrogens (tertiary/aromatic N) is 1. The van der Waals surface area contributed by atoms with Gasteiger partial charge in [0.05, 0.1) is 5.71 Å². The highest BCUT2D eigenvalue weighted by Crippen LogP contribution is 2.36. The first-order chi connectivity index (χ1) is 5.53. The fraction of sp³-hybridized carbons (Fsp3) is 0.900. The summed E-state index contributed by atoms with van der Waals surface area (Å²) in [6, 6.07) is 0. The zero-order valence-electron chi connectivity index (χ0n) is 8.55. The molecule has 1 unspecified atom stereocenters. The Balaban J connectivity index is 2.64. The summed E-state index contributed by atoms with van der Waals surface area (Å²) in [5, 5.41) is 4.05. The van der Waals surface area contributed by atoms with Crippen LogP contribution < -0.4 is 0 Å². The van der Waals surface area contributed by atoms with Crippen LogP contribution in [-0.4, -0.2) is 12.8 Å². The Bertz CT molecular complexity index is 184. The predicted molar refractivity (Wildman–Crippen MR) is 51.2 cm³/mol. The first-order valence-corrected chi connectivity index (χ1v) is 4.62. The fourth-order valence-electron chi connectivity index (χ4n) is 2.31. The maximum atomic E-state index is 4.81. The molecule has 1 aliphatic carbocycles. The lowest BCUT2D eigenvalue weighted by atomic mass is 9.72. The molecule has 0 bridgehead atoms. The molecule has 0 aromatic rings. The molecule has 0 N–H and O–H groups in total. The number of rotatable bonds is 1. The van der Waals surface area contributed by atoms with Gasteiger partial charge in [-0.1, -0.05) is 25.9 Å². The quantitative estimate of drug-likeness (QED) is 0.553. The first-order valence-electron chi connectivity index (χ1n) is 4.62. The van der Waals surface area contributed by atoms with Crippen molar-refractivity contribution in [1.82, 2.24) is 0 Å². The third-order valence-electron chi connectivity index (χ3n) is 2.39. The summed E-state index contributed by atoms with van der Waals surface area (Å²) in [4.78, 5) is 4.81. The van der Waals surface area contributed by atoms with E-state index in [9.17, 15) is 0 Å². The fourth-order valence-corrected chi connectivity index (χ4v) is 2.31. The van der Waals surface area contributed by atoms with Crippen molar-refractivity contribution in [2.45, 2.75) is 40.0 Å². The molecule has 1 aliphatic rings. The van der Waals surface area contributed by atoms with E-state index in [0.717, 1.165) is 18.8 Å². The molecule has 1 saturated carbocycles. The van der Waals surface area contributed by atoms with Gasteiger partial charge in [0.15, 0.2) is 0 Å². The molecule has 1 fully saturated rings. The second-order valence-corrected chi connectivity index (χ2v) is 4.69. The van der Waals surface area contributed by atoms with Crippen molar-refractivity contribution >= 4 is 5.71 Å². The van der Waals surface area contributed by atoms with Crippen LogP contribution in [0.1, 0.15) is 40.0 Å². The number of hydrogen-bond acceptors (Lipinski definition) is 2. The highest BCUT2D eigenvalue weighted by Gasteiger charge is 2.29. The van der Waals surface area contributed by atoms with Gasteiger partial charge in [0.25, 0.3) is 0 Å². The average Bonchev–Trinajstić information content (AvgIpc) is 1.82. The summed E-state index contributed by atoms with van der Waals surface area (Å²) >= 11 is 0. The summed E-state index contributed by atoms with van der Waals surface area (Å²) in [5.41, 5.74) is 1.64. The molecule has 0 heterocycles. The van der Waals surface area contributed by atoms with E-state index in [4.69, 9.17) is 4.84 Å². The van der Waals surface area contributed by atoms with Crippen molar-refractivity contribution in [1.29, 1.82) is 0 Å². The molecule has 1 rings (SSSR count). The van der Waals surface area contributed by atoms with E-state index < -0.39 is 0 Å². The van der Waals surface area contributed by atoms with Gasteiger partial charge in [-0.3, -0.25) is 0 Å². The van der Waals surface area contributed by atoms with Gasteiger partial charge < -0.3 is 4.84 Å². The zero-order chi connectivity index (χ0) is 9.19. The van der Waals surface area contributed by atoms with Crippen LogP contribution in [0.4, 0.5) is 0 Å². The Morgan fingerprint density at radius 3 is 2.67 bits per heavy atom. The summed E-state index contributed by atoms with van der Waals surface area (Å²) in [5.74, 6) is 0.752. The molecular formula is C10H19NO. The predicted octanol–water partition coefficient (Wildman–Crippen LogP) is 2.84. The first kappa shape index (κ1) is 9.56. The Hall–Kier alpha value is -0.530. The molecule has 0 aromatic heterocycles. The van der Waals surface area contributed by atoms with Crippen LogP contribution in [0.15, 0.2) is 5.16 Å². The van der Waals surface area contributed by atoms with Crippen molar-refractivity contribution in [2.24, 2.45) is 16.5 Å². The molecule has 0 aromatic carbocycles. The lowest BCUT2D eigenvalue weighted by Crippen LogP contribution is -2.27. The molecule has 0 aliphatic heterocycles. The van der Waals surface area contributed by atoms with Gasteiger partial charge in [-0.15, -0.1) is 0 Å². The van der Waals surface area contributed by atoms with E-state index >= 15 is 0 Å². The van der Waals surface area contributed by atoms with Crippen molar-refractivity contribution in [3.05, 3.63) is 0 Å². The third-order valence-corrected chi connectivity index (χ3v) is 2.39. The van der Waals surface area contributed by atoms with Gasteiger partial charge in [0.1, 0.15) is 7.11 Å². The molecule has 12 heavy (non-hydrogen) atoms. The second-order valence-electron chi connectivity index (χ2n) is 4.69. The largest absolute Gasteiger partial charge is 0.399 e. The minimum atomic E-state index is 0.412. The van der Waals surface area contributed by atoms with E-state index in [-0.39, 0.29) is 0 Å². The second kappa shape index (κ2) is 3.46. The van der Waals surface area contributed by atoms with Gasteiger partial charge >= 0.3 is 0 Å². The van der Waals surface area contributed by atoms with Gasteiger partial charge in [-0.2, -0.15) is 0 Å². The van der Waals surface area contributed by atoms with E-state index in [1.807, 2.05) is 0 Å². The van der Waals surface area contributed by atoms with Crippen molar-refractivity contribution in [3.8, 4) is 0 Å². The van der Waals surface area contributed by atoms with Crippen LogP contribution in [0, 0.1) is 11.3 Å². The van der Waals surface area contributed by atoms with Crippen LogP contribution in [0.2, 0.25) is 0 Å². The summed E-state index contributed by atoms with van der Waals surface area (Å²) < 4.78 is 0. The molecule has 70 valence electrons. The van der Waals surface area contributed by atoms with E-state index in [1.165, 1.54) is 12.1 Å². The minimum Gasteiger partial charge on any atom is -0.399 e. The monoisotopic (exact) mass is 169 g/mol. The molecule has 0 amide bonds. The molecule has 0 saturated heterocycles. The molecule has 2 heteroatoms. The van der Waals surface area contributed by atoms with Crippen LogP contribution in [0.25, 0.3) is 0 Å². The maximum absolute atomic E-state index is 4.81. The number of hydrogen-bond donors (Lipinski definition) is 0. The Kier molecular flexibility index (Phi) is 2.76. The normalized spacial score (nSPS) is 32.0. The molecule has 0 spiro atoms. The van der Waals surface area contributed by atoms with E-state index in [2.05, 4.69) is 25.9 Å². The third kappa shape index (κ3) is 2.50. The van der Waals surface area contributed by atoms with Gasteiger partial charge in [0.2, 0.25) is 0 Å². The van der Waals surface area contributed by atoms with Crippen molar-refractivity contribution in [2.75, 3.05) is 7.11 Å². The molecule has 0 radical (unpaired) electrons. The minimum absolute atomic E-state index is 0.412. The topological polar surface area (TPSA) is 21.6 Å². The lowest BCUT2D eigenvalue weighted by molar-refractivity contribution is 0.199. The summed E-state index contributed by atoms with van der Waals surface area (Å²) in [6.07, 6.45) is 3.50. The van der Waals surface area contributed by atoms with Gasteiger partial charge in [-0.05, 0) is 30.6 Å². The van der Waals surface area contributed by atoms with Gasteiger partial charge in [0, 0.05) is 0 Å². The van der Waals surface area contributed by atoms with Crippen LogP contribution >= 0.6 is 0 Å². The van der Waals surface area contributed by atoms with Crippen molar-refractivity contribution in [3.63, 3.8) is 0 Å². The highest BCUT2D eigenvalue weighted by molar-refractivity contribution is 5.85. The zero-order valence-corrected chi connectivity index (χ0v) is 8.55. The average molecular weight is 169 g/mol. The Morgan fingerprint density at radius 2 is 2.17 bits per heavy atom. The molecular weight excluding hydrogens is 150 g/mol. The van der Waals surface area contributed by atoms with E-state index in [0.29, 0.717) is 5.41 Å². The van der Waals surface area contributed by atoms with E-state index in [1.54, 1.807) is 7.11 Å². The SMILES string of the molecule is CO/N=C1\CC(C)CC(C)(C)C1. The lowest BCUT2D eigenvalue weighted by Gasteiger charge is -2.33. The summed E-state index contributed by atoms with van der Waals surface area (Å²) in [6.45, 7) is 6.88. The molecule has 2 nitrogen and oxygen atoms in total. The Labute approximate surface area is 75.0 Å². The van der Waals surface area contributed by atoms with Gasteiger partial charge in [-0.25, -0.2) is 0 Å². The van der Waals surface area contributed by atoms with Crippen molar-refractivity contribution < 1.29 is 4.84 Å².